The fourth-order valence-corrected chi connectivity index (χ4v) is 4.99. The second kappa shape index (κ2) is 7.99. The minimum atomic E-state index is 0.154. The molecule has 0 fully saturated rings. The first-order valence-electron chi connectivity index (χ1n) is 10.5. The van der Waals surface area contributed by atoms with E-state index in [2.05, 4.69) is 95.1 Å². The minimum absolute atomic E-state index is 0.154. The van der Waals surface area contributed by atoms with Gasteiger partial charge in [-0.25, -0.2) is 4.98 Å². The summed E-state index contributed by atoms with van der Waals surface area (Å²) in [5.74, 6) is 0.658. The van der Waals surface area contributed by atoms with Gasteiger partial charge in [0.2, 0.25) is 12.6 Å². The zero-order valence-corrected chi connectivity index (χ0v) is 18.7. The molecule has 4 aromatic rings. The molecule has 3 aromatic carbocycles. The first-order chi connectivity index (χ1) is 14.3. The third-order valence-electron chi connectivity index (χ3n) is 5.95. The highest BCUT2D eigenvalue weighted by molar-refractivity contribution is 6.96. The molecule has 0 aliphatic rings. The van der Waals surface area contributed by atoms with Crippen molar-refractivity contribution in [1.82, 2.24) is 4.98 Å². The number of aryl methyl sites for hydroxylation is 6. The molecule has 1 aromatic heterocycles. The Morgan fingerprint density at radius 1 is 0.700 bits per heavy atom. The Morgan fingerprint density at radius 3 is 1.70 bits per heavy atom. The van der Waals surface area contributed by atoms with Crippen LogP contribution < -0.4 is 16.4 Å². The van der Waals surface area contributed by atoms with Gasteiger partial charge in [0, 0.05) is 5.56 Å². The molecule has 3 heteroatoms. The van der Waals surface area contributed by atoms with E-state index in [1.165, 1.54) is 49.8 Å². The van der Waals surface area contributed by atoms with E-state index < -0.39 is 0 Å². The lowest BCUT2D eigenvalue weighted by Crippen LogP contribution is -2.55. The Bertz CT molecular complexity index is 1100. The molecule has 1 heterocycles. The molecular formula is C27H28BNO. The summed E-state index contributed by atoms with van der Waals surface area (Å²) in [4.78, 5) is 4.36. The summed E-state index contributed by atoms with van der Waals surface area (Å²) in [7, 11) is 0. The van der Waals surface area contributed by atoms with Crippen molar-refractivity contribution >= 4 is 23.1 Å². The molecule has 2 nitrogen and oxygen atoms in total. The number of hydrogen-bond donors (Lipinski definition) is 0. The van der Waals surface area contributed by atoms with Crippen molar-refractivity contribution in [2.45, 2.75) is 41.5 Å². The number of rotatable bonds is 4. The largest absolute Gasteiger partial charge is 0.445 e. The Kier molecular flexibility index (Phi) is 5.38. The lowest BCUT2D eigenvalue weighted by atomic mass is 9.34. The summed E-state index contributed by atoms with van der Waals surface area (Å²) in [6.45, 7) is 13.4. The van der Waals surface area contributed by atoms with Crippen molar-refractivity contribution in [2.24, 2.45) is 0 Å². The summed E-state index contributed by atoms with van der Waals surface area (Å²) in [6.07, 6.45) is 3.32. The molecule has 0 aliphatic carbocycles. The van der Waals surface area contributed by atoms with Crippen molar-refractivity contribution < 1.29 is 4.42 Å². The topological polar surface area (TPSA) is 26.0 Å². The molecule has 4 rings (SSSR count). The van der Waals surface area contributed by atoms with E-state index in [1.807, 2.05) is 0 Å². The lowest BCUT2D eigenvalue weighted by molar-refractivity contribution is 0.574. The molecule has 0 spiro atoms. The number of oxazole rings is 1. The quantitative estimate of drug-likeness (QED) is 0.470. The highest BCUT2D eigenvalue weighted by Gasteiger charge is 2.28. The molecule has 0 radical (unpaired) electrons. The van der Waals surface area contributed by atoms with Crippen LogP contribution in [0.25, 0.3) is 11.5 Å². The van der Waals surface area contributed by atoms with Crippen molar-refractivity contribution in [3.8, 4) is 11.5 Å². The van der Waals surface area contributed by atoms with Crippen molar-refractivity contribution in [1.29, 1.82) is 0 Å². The van der Waals surface area contributed by atoms with Gasteiger partial charge >= 0.3 is 0 Å². The van der Waals surface area contributed by atoms with Gasteiger partial charge in [-0.15, -0.1) is 0 Å². The van der Waals surface area contributed by atoms with E-state index >= 15 is 0 Å². The lowest BCUT2D eigenvalue weighted by Gasteiger charge is -2.24. The minimum Gasteiger partial charge on any atom is -0.445 e. The van der Waals surface area contributed by atoms with Gasteiger partial charge in [0.15, 0.2) is 0 Å². The third kappa shape index (κ3) is 3.72. The normalized spacial score (nSPS) is 11.0. The molecule has 0 saturated heterocycles. The van der Waals surface area contributed by atoms with Gasteiger partial charge in [-0.2, -0.15) is 0 Å². The monoisotopic (exact) mass is 393 g/mol. The molecule has 0 amide bonds. The van der Waals surface area contributed by atoms with Gasteiger partial charge in [-0.05, 0) is 47.6 Å². The first kappa shape index (κ1) is 20.2. The molecule has 0 saturated carbocycles. The van der Waals surface area contributed by atoms with E-state index in [1.54, 1.807) is 12.5 Å². The van der Waals surface area contributed by atoms with E-state index in [4.69, 9.17) is 4.42 Å². The summed E-state index contributed by atoms with van der Waals surface area (Å²) in [5, 5.41) is 0. The van der Waals surface area contributed by atoms with Crippen molar-refractivity contribution in [2.75, 3.05) is 0 Å². The van der Waals surface area contributed by atoms with Gasteiger partial charge in [-0.1, -0.05) is 92.2 Å². The maximum Gasteiger partial charge on any atom is 0.242 e. The zero-order valence-electron chi connectivity index (χ0n) is 18.7. The fraction of sp³-hybridized carbons (Fsp3) is 0.222. The van der Waals surface area contributed by atoms with Crippen LogP contribution in [0.15, 0.2) is 65.4 Å². The van der Waals surface area contributed by atoms with Gasteiger partial charge in [0.05, 0.1) is 6.20 Å². The van der Waals surface area contributed by atoms with Crippen LogP contribution in [0.4, 0.5) is 0 Å². The average Bonchev–Trinajstić information content (AvgIpc) is 3.20. The first-order valence-corrected chi connectivity index (χ1v) is 10.5. The molecule has 150 valence electrons. The highest BCUT2D eigenvalue weighted by Crippen LogP contribution is 2.17. The van der Waals surface area contributed by atoms with E-state index in [9.17, 15) is 0 Å². The Hall–Kier alpha value is -3.07. The predicted molar refractivity (Wildman–Crippen MR) is 128 cm³/mol. The standard InChI is InChI=1S/C27H28BNO/c1-17-12-19(3)25(20(4)13-17)28(26-21(5)14-18(2)15-22(26)6)24-9-7-8-23(16-24)27-29-10-11-30-27/h7-16H,1-6H3. The van der Waals surface area contributed by atoms with Crippen LogP contribution in [0.3, 0.4) is 0 Å². The highest BCUT2D eigenvalue weighted by atomic mass is 16.3. The maximum atomic E-state index is 5.58. The van der Waals surface area contributed by atoms with Crippen LogP contribution >= 0.6 is 0 Å². The third-order valence-corrected chi connectivity index (χ3v) is 5.95. The molecule has 0 bridgehead atoms. The molecule has 0 unspecified atom stereocenters. The van der Waals surface area contributed by atoms with Crippen LogP contribution in [0, 0.1) is 41.5 Å². The Morgan fingerprint density at radius 2 is 1.23 bits per heavy atom. The molecule has 0 N–H and O–H groups in total. The average molecular weight is 393 g/mol. The zero-order chi connectivity index (χ0) is 21.4. The SMILES string of the molecule is Cc1cc(C)c(B(c2cccc(-c3ncco3)c2)c2c(C)cc(C)cc2C)c(C)c1. The van der Waals surface area contributed by atoms with E-state index in [0.717, 1.165) is 5.56 Å². The van der Waals surface area contributed by atoms with Crippen LogP contribution in [0.1, 0.15) is 33.4 Å². The number of benzene rings is 3. The van der Waals surface area contributed by atoms with E-state index in [-0.39, 0.29) is 6.71 Å². The van der Waals surface area contributed by atoms with E-state index in [0.29, 0.717) is 5.89 Å². The van der Waals surface area contributed by atoms with Crippen LogP contribution in [-0.2, 0) is 0 Å². The van der Waals surface area contributed by atoms with Gasteiger partial charge in [-0.3, -0.25) is 0 Å². The predicted octanol–water partition coefficient (Wildman–Crippen LogP) is 4.71. The Balaban J connectivity index is 2.00. The van der Waals surface area contributed by atoms with Gasteiger partial charge in [0.1, 0.15) is 6.26 Å². The van der Waals surface area contributed by atoms with Gasteiger partial charge in [0.25, 0.3) is 0 Å². The summed E-state index contributed by atoms with van der Waals surface area (Å²) < 4.78 is 5.58. The maximum absolute atomic E-state index is 5.58. The number of hydrogen-bond acceptors (Lipinski definition) is 2. The second-order valence-corrected chi connectivity index (χ2v) is 8.52. The number of nitrogens with zero attached hydrogens (tertiary/aromatic N) is 1. The summed E-state index contributed by atoms with van der Waals surface area (Å²) in [6, 6.07) is 17.8. The van der Waals surface area contributed by atoms with Crippen molar-refractivity contribution in [3.05, 3.63) is 94.4 Å². The summed E-state index contributed by atoms with van der Waals surface area (Å²) in [5.41, 5.74) is 13.0. The smallest absolute Gasteiger partial charge is 0.242 e. The fourth-order valence-electron chi connectivity index (χ4n) is 4.99. The molecular weight excluding hydrogens is 365 g/mol. The Labute approximate surface area is 180 Å². The van der Waals surface area contributed by atoms with Crippen LogP contribution in [0.2, 0.25) is 0 Å². The molecule has 30 heavy (non-hydrogen) atoms. The van der Waals surface area contributed by atoms with Crippen LogP contribution in [0.5, 0.6) is 0 Å². The number of aromatic nitrogens is 1. The van der Waals surface area contributed by atoms with Crippen LogP contribution in [-0.4, -0.2) is 11.7 Å². The van der Waals surface area contributed by atoms with Gasteiger partial charge < -0.3 is 4.42 Å². The summed E-state index contributed by atoms with van der Waals surface area (Å²) >= 11 is 0. The van der Waals surface area contributed by atoms with Crippen molar-refractivity contribution in [3.63, 3.8) is 0 Å². The molecule has 0 aliphatic heterocycles. The second-order valence-electron chi connectivity index (χ2n) is 8.52. The molecule has 0 atom stereocenters.